The number of para-hydroxylation sites is 2. The highest BCUT2D eigenvalue weighted by molar-refractivity contribution is 5.94. The van der Waals surface area contributed by atoms with Gasteiger partial charge in [0.15, 0.2) is 11.5 Å². The first kappa shape index (κ1) is 14.6. The number of ether oxygens (including phenoxy) is 2. The minimum Gasteiger partial charge on any atom is -0.490 e. The number of benzene rings is 2. The van der Waals surface area contributed by atoms with Crippen molar-refractivity contribution >= 4 is 16.9 Å². The quantitative estimate of drug-likeness (QED) is 0.777. The van der Waals surface area contributed by atoms with Crippen molar-refractivity contribution in [1.82, 2.24) is 15.3 Å². The van der Waals surface area contributed by atoms with Gasteiger partial charge in [0.25, 0.3) is 5.91 Å². The zero-order chi connectivity index (χ0) is 16.4. The van der Waals surface area contributed by atoms with Crippen molar-refractivity contribution in [3.8, 4) is 11.5 Å². The van der Waals surface area contributed by atoms with Crippen LogP contribution in [-0.4, -0.2) is 29.1 Å². The van der Waals surface area contributed by atoms with Crippen LogP contribution < -0.4 is 14.8 Å². The molecule has 24 heavy (non-hydrogen) atoms. The summed E-state index contributed by atoms with van der Waals surface area (Å²) in [6.45, 7) is 1.56. The van der Waals surface area contributed by atoms with Gasteiger partial charge in [-0.2, -0.15) is 0 Å². The molecule has 6 heteroatoms. The number of hydrogen-bond donors (Lipinski definition) is 2. The summed E-state index contributed by atoms with van der Waals surface area (Å²) in [7, 11) is 0. The molecule has 2 N–H and O–H groups in total. The molecule has 0 unspecified atom stereocenters. The van der Waals surface area contributed by atoms with Crippen molar-refractivity contribution in [2.24, 2.45) is 0 Å². The molecule has 0 saturated heterocycles. The zero-order valence-electron chi connectivity index (χ0n) is 13.0. The van der Waals surface area contributed by atoms with Gasteiger partial charge in [0, 0.05) is 12.0 Å². The van der Waals surface area contributed by atoms with Gasteiger partial charge in [-0.3, -0.25) is 4.79 Å². The van der Waals surface area contributed by atoms with E-state index < -0.39 is 0 Å². The van der Waals surface area contributed by atoms with Crippen molar-refractivity contribution in [2.75, 3.05) is 13.2 Å². The molecule has 0 fully saturated rings. The Balaban J connectivity index is 1.47. The van der Waals surface area contributed by atoms with Crippen molar-refractivity contribution in [3.05, 3.63) is 53.9 Å². The molecular weight excluding hydrogens is 306 g/mol. The molecule has 3 aromatic rings. The van der Waals surface area contributed by atoms with E-state index in [0.717, 1.165) is 23.3 Å². The van der Waals surface area contributed by atoms with Crippen LogP contribution in [0.1, 0.15) is 22.6 Å². The highest BCUT2D eigenvalue weighted by atomic mass is 16.5. The fraction of sp³-hybridized carbons (Fsp3) is 0.222. The van der Waals surface area contributed by atoms with E-state index in [4.69, 9.17) is 9.47 Å². The number of nitrogens with zero attached hydrogens (tertiary/aromatic N) is 1. The Morgan fingerprint density at radius 1 is 1.12 bits per heavy atom. The first-order valence-electron chi connectivity index (χ1n) is 7.91. The number of rotatable bonds is 3. The second-order valence-corrected chi connectivity index (χ2v) is 5.60. The fourth-order valence-corrected chi connectivity index (χ4v) is 2.66. The molecule has 0 aliphatic carbocycles. The molecule has 2 aromatic carbocycles. The highest BCUT2D eigenvalue weighted by Crippen LogP contribution is 2.30. The predicted molar refractivity (Wildman–Crippen MR) is 89.3 cm³/mol. The SMILES string of the molecule is O=C(NCc1nc2ccccc2[nH]1)c1ccc2c(c1)OCCCO2. The third-order valence-electron chi connectivity index (χ3n) is 3.86. The Morgan fingerprint density at radius 2 is 1.96 bits per heavy atom. The molecule has 0 bridgehead atoms. The molecule has 2 heterocycles. The van der Waals surface area contributed by atoms with Crippen LogP contribution in [0.15, 0.2) is 42.5 Å². The summed E-state index contributed by atoms with van der Waals surface area (Å²) >= 11 is 0. The van der Waals surface area contributed by atoms with Gasteiger partial charge in [0.05, 0.1) is 30.8 Å². The Kier molecular flexibility index (Phi) is 3.78. The molecule has 1 amide bonds. The summed E-state index contributed by atoms with van der Waals surface area (Å²) in [6, 6.07) is 13.0. The van der Waals surface area contributed by atoms with Crippen LogP contribution in [0.4, 0.5) is 0 Å². The monoisotopic (exact) mass is 323 g/mol. The average Bonchev–Trinajstić information content (AvgIpc) is 2.88. The largest absolute Gasteiger partial charge is 0.490 e. The normalized spacial score (nSPS) is 13.5. The van der Waals surface area contributed by atoms with E-state index in [1.807, 2.05) is 24.3 Å². The van der Waals surface area contributed by atoms with E-state index in [1.54, 1.807) is 18.2 Å². The number of hydrogen-bond acceptors (Lipinski definition) is 4. The number of H-pyrrole nitrogens is 1. The molecule has 0 atom stereocenters. The van der Waals surface area contributed by atoms with Gasteiger partial charge in [0.1, 0.15) is 5.82 Å². The summed E-state index contributed by atoms with van der Waals surface area (Å²) in [4.78, 5) is 20.0. The lowest BCUT2D eigenvalue weighted by atomic mass is 10.2. The summed E-state index contributed by atoms with van der Waals surface area (Å²) in [5, 5.41) is 2.87. The summed E-state index contributed by atoms with van der Waals surface area (Å²) in [5.41, 5.74) is 2.38. The Hall–Kier alpha value is -3.02. The predicted octanol–water partition coefficient (Wildman–Crippen LogP) is 2.65. The lowest BCUT2D eigenvalue weighted by molar-refractivity contribution is 0.0949. The first-order chi connectivity index (χ1) is 11.8. The molecule has 6 nitrogen and oxygen atoms in total. The van der Waals surface area contributed by atoms with E-state index in [9.17, 15) is 4.79 Å². The van der Waals surface area contributed by atoms with Crippen LogP contribution in [0.2, 0.25) is 0 Å². The van der Waals surface area contributed by atoms with E-state index in [2.05, 4.69) is 15.3 Å². The Bertz CT molecular complexity index is 855. The number of amides is 1. The van der Waals surface area contributed by atoms with E-state index in [-0.39, 0.29) is 5.91 Å². The molecule has 122 valence electrons. The lowest BCUT2D eigenvalue weighted by Crippen LogP contribution is -2.23. The minimum absolute atomic E-state index is 0.175. The third-order valence-corrected chi connectivity index (χ3v) is 3.86. The lowest BCUT2D eigenvalue weighted by Gasteiger charge is -2.09. The minimum atomic E-state index is -0.175. The summed E-state index contributed by atoms with van der Waals surface area (Å²) in [5.74, 6) is 1.84. The van der Waals surface area contributed by atoms with Gasteiger partial charge >= 0.3 is 0 Å². The van der Waals surface area contributed by atoms with Gasteiger partial charge < -0.3 is 19.8 Å². The molecule has 1 aliphatic rings. The van der Waals surface area contributed by atoms with E-state index in [0.29, 0.717) is 36.8 Å². The molecule has 0 radical (unpaired) electrons. The van der Waals surface area contributed by atoms with E-state index in [1.165, 1.54) is 0 Å². The van der Waals surface area contributed by atoms with Crippen molar-refractivity contribution in [2.45, 2.75) is 13.0 Å². The maximum Gasteiger partial charge on any atom is 0.251 e. The summed E-state index contributed by atoms with van der Waals surface area (Å²) in [6.07, 6.45) is 0.836. The standard InChI is InChI=1S/C18H17N3O3/c22-18(12-6-7-15-16(10-12)24-9-3-8-23-15)19-11-17-20-13-4-1-2-5-14(13)21-17/h1-2,4-7,10H,3,8-9,11H2,(H,19,22)(H,20,21). The van der Waals surface area contributed by atoms with Crippen LogP contribution >= 0.6 is 0 Å². The average molecular weight is 323 g/mol. The molecular formula is C18H17N3O3. The third kappa shape index (κ3) is 2.90. The molecule has 4 rings (SSSR count). The first-order valence-corrected chi connectivity index (χ1v) is 7.91. The van der Waals surface area contributed by atoms with Gasteiger partial charge in [-0.1, -0.05) is 12.1 Å². The van der Waals surface area contributed by atoms with Crippen molar-refractivity contribution in [3.63, 3.8) is 0 Å². The number of aromatic amines is 1. The van der Waals surface area contributed by atoms with Crippen molar-refractivity contribution < 1.29 is 14.3 Å². The Labute approximate surface area is 138 Å². The maximum absolute atomic E-state index is 12.4. The Morgan fingerprint density at radius 3 is 2.83 bits per heavy atom. The van der Waals surface area contributed by atoms with Crippen LogP contribution in [0, 0.1) is 0 Å². The van der Waals surface area contributed by atoms with Crippen molar-refractivity contribution in [1.29, 1.82) is 0 Å². The van der Waals surface area contributed by atoms with Crippen LogP contribution in [-0.2, 0) is 6.54 Å². The molecule has 0 saturated carbocycles. The van der Waals surface area contributed by atoms with Gasteiger partial charge in [-0.25, -0.2) is 4.98 Å². The molecule has 1 aromatic heterocycles. The number of fused-ring (bicyclic) bond motifs is 2. The van der Waals surface area contributed by atoms with E-state index >= 15 is 0 Å². The number of carbonyl (C=O) groups excluding carboxylic acids is 1. The topological polar surface area (TPSA) is 76.2 Å². The number of nitrogens with one attached hydrogen (secondary N) is 2. The van der Waals surface area contributed by atoms with Crippen LogP contribution in [0.3, 0.4) is 0 Å². The molecule has 0 spiro atoms. The number of imidazole rings is 1. The zero-order valence-corrected chi connectivity index (χ0v) is 13.0. The highest BCUT2D eigenvalue weighted by Gasteiger charge is 2.14. The van der Waals surface area contributed by atoms with Crippen LogP contribution in [0.5, 0.6) is 11.5 Å². The fourth-order valence-electron chi connectivity index (χ4n) is 2.66. The van der Waals surface area contributed by atoms with Crippen LogP contribution in [0.25, 0.3) is 11.0 Å². The number of aromatic nitrogens is 2. The second-order valence-electron chi connectivity index (χ2n) is 5.60. The van der Waals surface area contributed by atoms with Gasteiger partial charge in [-0.05, 0) is 30.3 Å². The van der Waals surface area contributed by atoms with Gasteiger partial charge in [0.2, 0.25) is 0 Å². The smallest absolute Gasteiger partial charge is 0.251 e. The maximum atomic E-state index is 12.4. The molecule has 1 aliphatic heterocycles. The summed E-state index contributed by atoms with van der Waals surface area (Å²) < 4.78 is 11.2. The number of carbonyl (C=O) groups is 1. The van der Waals surface area contributed by atoms with Gasteiger partial charge in [-0.15, -0.1) is 0 Å². The second kappa shape index (κ2) is 6.23.